The Morgan fingerprint density at radius 1 is 0.905 bits per heavy atom. The van der Waals surface area contributed by atoms with Gasteiger partial charge in [-0.15, -0.1) is 5.11 Å². The summed E-state index contributed by atoms with van der Waals surface area (Å²) >= 11 is 0. The fourth-order valence-electron chi connectivity index (χ4n) is 2.11. The number of ether oxygens (including phenoxy) is 1. The molecule has 0 bridgehead atoms. The molecule has 0 fully saturated rings. The van der Waals surface area contributed by atoms with Crippen molar-refractivity contribution in [1.82, 2.24) is 0 Å². The predicted molar refractivity (Wildman–Crippen MR) is 82.8 cm³/mol. The molecule has 0 aromatic heterocycles. The van der Waals surface area contributed by atoms with Crippen LogP contribution in [0.4, 0.5) is 11.4 Å². The Morgan fingerprint density at radius 2 is 1.71 bits per heavy atom. The van der Waals surface area contributed by atoms with Crippen molar-refractivity contribution < 1.29 is 9.84 Å². The summed E-state index contributed by atoms with van der Waals surface area (Å²) in [5, 5.41) is 20.2. The van der Waals surface area contributed by atoms with Crippen molar-refractivity contribution in [2.75, 3.05) is 7.11 Å². The molecule has 0 spiro atoms. The molecule has 0 saturated heterocycles. The van der Waals surface area contributed by atoms with Crippen molar-refractivity contribution in [2.24, 2.45) is 10.2 Å². The highest BCUT2D eigenvalue weighted by Gasteiger charge is 2.07. The largest absolute Gasteiger partial charge is 0.506 e. The van der Waals surface area contributed by atoms with Crippen LogP contribution in [0.2, 0.25) is 0 Å². The molecule has 3 aromatic rings. The fraction of sp³-hybridized carbons (Fsp3) is 0.0588. The van der Waals surface area contributed by atoms with Crippen LogP contribution in [0, 0.1) is 0 Å². The summed E-state index contributed by atoms with van der Waals surface area (Å²) in [5.74, 6) is 0.867. The van der Waals surface area contributed by atoms with Gasteiger partial charge in [0.1, 0.15) is 17.2 Å². The number of rotatable bonds is 3. The standard InChI is InChI=1S/C17H14N2O2/c1-21-14-8-9-15-12(11-14)7-10-16(20)17(15)19-18-13-5-3-2-4-6-13/h2-11,20H,1H3. The Hall–Kier alpha value is -2.88. The molecule has 0 unspecified atom stereocenters. The van der Waals surface area contributed by atoms with E-state index in [0.717, 1.165) is 22.2 Å². The maximum absolute atomic E-state index is 10.0. The van der Waals surface area contributed by atoms with Crippen LogP contribution in [-0.4, -0.2) is 12.2 Å². The third-order valence-electron chi connectivity index (χ3n) is 3.20. The number of methoxy groups -OCH3 is 1. The van der Waals surface area contributed by atoms with E-state index in [0.29, 0.717) is 5.69 Å². The molecule has 4 nitrogen and oxygen atoms in total. The molecule has 0 amide bonds. The number of hydrogen-bond acceptors (Lipinski definition) is 4. The zero-order valence-electron chi connectivity index (χ0n) is 11.5. The Kier molecular flexibility index (Phi) is 3.51. The van der Waals surface area contributed by atoms with Gasteiger partial charge < -0.3 is 9.84 Å². The van der Waals surface area contributed by atoms with E-state index in [2.05, 4.69) is 10.2 Å². The van der Waals surface area contributed by atoms with Crippen LogP contribution >= 0.6 is 0 Å². The van der Waals surface area contributed by atoms with Gasteiger partial charge >= 0.3 is 0 Å². The second-order valence-corrected chi connectivity index (χ2v) is 4.56. The lowest BCUT2D eigenvalue weighted by Crippen LogP contribution is -1.82. The Morgan fingerprint density at radius 3 is 2.48 bits per heavy atom. The molecule has 3 aromatic carbocycles. The minimum absolute atomic E-state index is 0.104. The van der Waals surface area contributed by atoms with Crippen molar-refractivity contribution in [3.63, 3.8) is 0 Å². The zero-order valence-corrected chi connectivity index (χ0v) is 11.5. The summed E-state index contributed by atoms with van der Waals surface area (Å²) < 4.78 is 5.21. The van der Waals surface area contributed by atoms with Gasteiger partial charge in [0.05, 0.1) is 12.8 Å². The van der Waals surface area contributed by atoms with Gasteiger partial charge in [0.2, 0.25) is 0 Å². The third-order valence-corrected chi connectivity index (χ3v) is 3.20. The van der Waals surface area contributed by atoms with Crippen LogP contribution in [0.3, 0.4) is 0 Å². The lowest BCUT2D eigenvalue weighted by Gasteiger charge is -2.06. The number of phenols is 1. The molecule has 3 rings (SSSR count). The predicted octanol–water partition coefficient (Wildman–Crippen LogP) is 4.97. The van der Waals surface area contributed by atoms with Crippen LogP contribution in [-0.2, 0) is 0 Å². The summed E-state index contributed by atoms with van der Waals surface area (Å²) in [7, 11) is 1.62. The second-order valence-electron chi connectivity index (χ2n) is 4.56. The Labute approximate surface area is 122 Å². The first-order valence-corrected chi connectivity index (χ1v) is 6.54. The van der Waals surface area contributed by atoms with Gasteiger partial charge in [0.15, 0.2) is 0 Å². The van der Waals surface area contributed by atoms with Gasteiger partial charge in [0.25, 0.3) is 0 Å². The van der Waals surface area contributed by atoms with E-state index in [1.165, 1.54) is 0 Å². The molecule has 0 aliphatic rings. The number of aromatic hydroxyl groups is 1. The highest BCUT2D eigenvalue weighted by Crippen LogP contribution is 2.37. The van der Waals surface area contributed by atoms with Crippen molar-refractivity contribution in [3.8, 4) is 11.5 Å². The number of fused-ring (bicyclic) bond motifs is 1. The average Bonchev–Trinajstić information content (AvgIpc) is 2.54. The molecule has 0 aliphatic heterocycles. The summed E-state index contributed by atoms with van der Waals surface area (Å²) in [4.78, 5) is 0. The summed E-state index contributed by atoms with van der Waals surface area (Å²) in [6.07, 6.45) is 0. The maximum atomic E-state index is 10.0. The Balaban J connectivity index is 2.09. The summed E-state index contributed by atoms with van der Waals surface area (Å²) in [6.45, 7) is 0. The topological polar surface area (TPSA) is 54.2 Å². The summed E-state index contributed by atoms with van der Waals surface area (Å²) in [5.41, 5.74) is 1.20. The molecule has 0 heterocycles. The number of nitrogens with zero attached hydrogens (tertiary/aromatic N) is 2. The van der Waals surface area contributed by atoms with Crippen molar-refractivity contribution in [3.05, 3.63) is 60.7 Å². The molecular formula is C17H14N2O2. The molecule has 4 heteroatoms. The molecule has 0 radical (unpaired) electrons. The highest BCUT2D eigenvalue weighted by atomic mass is 16.5. The normalized spacial score (nSPS) is 11.1. The van der Waals surface area contributed by atoms with Gasteiger partial charge in [-0.25, -0.2) is 0 Å². The highest BCUT2D eigenvalue weighted by molar-refractivity contribution is 5.96. The molecule has 0 aliphatic carbocycles. The third kappa shape index (κ3) is 2.69. The quantitative estimate of drug-likeness (QED) is 0.688. The van der Waals surface area contributed by atoms with Gasteiger partial charge in [-0.05, 0) is 41.8 Å². The van der Waals surface area contributed by atoms with Crippen LogP contribution in [0.5, 0.6) is 11.5 Å². The lowest BCUT2D eigenvalue weighted by molar-refractivity contribution is 0.415. The van der Waals surface area contributed by atoms with Crippen LogP contribution < -0.4 is 4.74 Å². The zero-order chi connectivity index (χ0) is 14.7. The van der Waals surface area contributed by atoms with Crippen LogP contribution in [0.1, 0.15) is 0 Å². The second kappa shape index (κ2) is 5.63. The smallest absolute Gasteiger partial charge is 0.143 e. The molecular weight excluding hydrogens is 264 g/mol. The molecule has 0 atom stereocenters. The van der Waals surface area contributed by atoms with E-state index in [1.54, 1.807) is 13.2 Å². The SMILES string of the molecule is COc1ccc2c(N=Nc3ccccc3)c(O)ccc2c1. The number of hydrogen-bond donors (Lipinski definition) is 1. The minimum Gasteiger partial charge on any atom is -0.506 e. The maximum Gasteiger partial charge on any atom is 0.143 e. The number of benzene rings is 3. The molecule has 0 saturated carbocycles. The van der Waals surface area contributed by atoms with Gasteiger partial charge in [0, 0.05) is 5.39 Å². The molecule has 1 N–H and O–H groups in total. The Bertz CT molecular complexity index is 798. The van der Waals surface area contributed by atoms with E-state index < -0.39 is 0 Å². The van der Waals surface area contributed by atoms with E-state index in [-0.39, 0.29) is 5.75 Å². The monoisotopic (exact) mass is 278 g/mol. The van der Waals surface area contributed by atoms with E-state index in [1.807, 2.05) is 54.6 Å². The van der Waals surface area contributed by atoms with Gasteiger partial charge in [-0.3, -0.25) is 0 Å². The van der Waals surface area contributed by atoms with Crippen LogP contribution in [0.15, 0.2) is 70.9 Å². The first-order chi connectivity index (χ1) is 10.3. The van der Waals surface area contributed by atoms with E-state index in [4.69, 9.17) is 4.74 Å². The van der Waals surface area contributed by atoms with E-state index >= 15 is 0 Å². The molecule has 21 heavy (non-hydrogen) atoms. The summed E-state index contributed by atoms with van der Waals surface area (Å²) in [6, 6.07) is 18.5. The minimum atomic E-state index is 0.104. The van der Waals surface area contributed by atoms with E-state index in [9.17, 15) is 5.11 Å². The average molecular weight is 278 g/mol. The first-order valence-electron chi connectivity index (χ1n) is 6.54. The van der Waals surface area contributed by atoms with Crippen molar-refractivity contribution >= 4 is 22.1 Å². The first kappa shape index (κ1) is 13.1. The van der Waals surface area contributed by atoms with Gasteiger partial charge in [-0.1, -0.05) is 24.3 Å². The fourth-order valence-corrected chi connectivity index (χ4v) is 2.11. The molecule has 104 valence electrons. The lowest BCUT2D eigenvalue weighted by atomic mass is 10.1. The number of azo groups is 1. The van der Waals surface area contributed by atoms with Crippen molar-refractivity contribution in [2.45, 2.75) is 0 Å². The van der Waals surface area contributed by atoms with Crippen LogP contribution in [0.25, 0.3) is 10.8 Å². The number of phenolic OH excluding ortho intramolecular Hbond substituents is 1. The van der Waals surface area contributed by atoms with Gasteiger partial charge in [-0.2, -0.15) is 5.11 Å². The van der Waals surface area contributed by atoms with Crippen molar-refractivity contribution in [1.29, 1.82) is 0 Å².